The molecule has 1 aliphatic heterocycles. The first-order chi connectivity index (χ1) is 15.6. The first kappa shape index (κ1) is 18.4. The molecule has 0 spiro atoms. The molecular formula is C25H17N5O2. The Hall–Kier alpha value is -4.39. The van der Waals surface area contributed by atoms with E-state index in [1.165, 1.54) is 4.57 Å². The molecule has 3 aromatic carbocycles. The van der Waals surface area contributed by atoms with Gasteiger partial charge in [-0.1, -0.05) is 53.2 Å². The van der Waals surface area contributed by atoms with Gasteiger partial charge in [-0.2, -0.15) is 0 Å². The molecule has 5 aromatic rings. The molecule has 2 aromatic heterocycles. The Morgan fingerprint density at radius 3 is 2.62 bits per heavy atom. The van der Waals surface area contributed by atoms with E-state index in [4.69, 9.17) is 0 Å². The molecule has 0 N–H and O–H groups in total. The number of nitrogens with zero attached hydrogens (tertiary/aromatic N) is 5. The van der Waals surface area contributed by atoms with Crippen LogP contribution in [-0.2, 0) is 6.54 Å². The minimum atomic E-state index is -0.244. The first-order valence-electron chi connectivity index (χ1n) is 10.3. The third-order valence-corrected chi connectivity index (χ3v) is 5.73. The summed E-state index contributed by atoms with van der Waals surface area (Å²) in [4.78, 5) is 30.7. The standard InChI is InChI=1S/C25H17N5O2/c1-15-7-10-22-19(11-15)23(31)24-26-20-9-8-16(12-18(20)25(32)30(22)24)13-29-14-21(27-28-29)17-5-3-2-4-6-17/h2-12,14H,13H2,1H3. The largest absolute Gasteiger partial charge is 0.285 e. The van der Waals surface area contributed by atoms with Crippen LogP contribution in [-0.4, -0.2) is 30.3 Å². The van der Waals surface area contributed by atoms with Gasteiger partial charge in [-0.25, -0.2) is 9.67 Å². The molecule has 0 bridgehead atoms. The molecule has 0 unspecified atom stereocenters. The highest BCUT2D eigenvalue weighted by Crippen LogP contribution is 2.27. The Morgan fingerprint density at radius 1 is 0.938 bits per heavy atom. The van der Waals surface area contributed by atoms with Gasteiger partial charge in [0, 0.05) is 5.56 Å². The summed E-state index contributed by atoms with van der Waals surface area (Å²) in [5, 5.41) is 8.93. The minimum absolute atomic E-state index is 0.166. The molecule has 0 atom stereocenters. The van der Waals surface area contributed by atoms with Crippen LogP contribution in [0.15, 0.2) is 77.7 Å². The van der Waals surface area contributed by atoms with E-state index in [0.717, 1.165) is 22.4 Å². The molecule has 154 valence electrons. The molecule has 1 aliphatic rings. The van der Waals surface area contributed by atoms with Crippen molar-refractivity contribution in [2.45, 2.75) is 13.5 Å². The van der Waals surface area contributed by atoms with E-state index in [9.17, 15) is 9.59 Å². The molecule has 0 aliphatic carbocycles. The van der Waals surface area contributed by atoms with Gasteiger partial charge in [-0.3, -0.25) is 14.2 Å². The van der Waals surface area contributed by atoms with Crippen molar-refractivity contribution in [1.82, 2.24) is 24.5 Å². The van der Waals surface area contributed by atoms with E-state index in [0.29, 0.717) is 28.7 Å². The smallest absolute Gasteiger partial charge is 0.266 e. The van der Waals surface area contributed by atoms with E-state index in [1.54, 1.807) is 22.9 Å². The lowest BCUT2D eigenvalue weighted by Gasteiger charge is -2.07. The van der Waals surface area contributed by atoms with E-state index in [-0.39, 0.29) is 17.2 Å². The fourth-order valence-electron chi connectivity index (χ4n) is 4.16. The Kier molecular flexibility index (Phi) is 3.91. The van der Waals surface area contributed by atoms with Crippen LogP contribution < -0.4 is 5.56 Å². The molecule has 7 nitrogen and oxygen atoms in total. The van der Waals surface area contributed by atoms with Crippen molar-refractivity contribution >= 4 is 16.7 Å². The average Bonchev–Trinajstić information content (AvgIpc) is 3.38. The predicted molar refractivity (Wildman–Crippen MR) is 120 cm³/mol. The van der Waals surface area contributed by atoms with E-state index in [2.05, 4.69) is 15.3 Å². The van der Waals surface area contributed by atoms with Crippen molar-refractivity contribution in [3.8, 4) is 16.9 Å². The molecule has 0 saturated heterocycles. The molecular weight excluding hydrogens is 402 g/mol. The van der Waals surface area contributed by atoms with Crippen LogP contribution in [0, 0.1) is 6.92 Å². The van der Waals surface area contributed by atoms with Gasteiger partial charge in [0.25, 0.3) is 5.56 Å². The third kappa shape index (κ3) is 2.79. The second-order valence-corrected chi connectivity index (χ2v) is 7.94. The maximum atomic E-state index is 13.3. The number of aromatic nitrogens is 5. The zero-order chi connectivity index (χ0) is 21.8. The monoisotopic (exact) mass is 419 g/mol. The Balaban J connectivity index is 1.41. The number of hydrogen-bond donors (Lipinski definition) is 0. The van der Waals surface area contributed by atoms with Crippen LogP contribution in [0.3, 0.4) is 0 Å². The van der Waals surface area contributed by atoms with Crippen molar-refractivity contribution in [3.63, 3.8) is 0 Å². The second-order valence-electron chi connectivity index (χ2n) is 7.94. The summed E-state index contributed by atoms with van der Waals surface area (Å²) in [5.74, 6) is -0.0533. The highest BCUT2D eigenvalue weighted by atomic mass is 16.1. The SMILES string of the molecule is Cc1ccc2c(c1)C(=O)c1nc3ccc(Cn4cc(-c5ccccc5)nn4)cc3c(=O)n1-2. The van der Waals surface area contributed by atoms with Gasteiger partial charge in [-0.15, -0.1) is 5.10 Å². The van der Waals surface area contributed by atoms with Crippen LogP contribution in [0.2, 0.25) is 0 Å². The van der Waals surface area contributed by atoms with Gasteiger partial charge >= 0.3 is 0 Å². The highest BCUT2D eigenvalue weighted by Gasteiger charge is 2.30. The lowest BCUT2D eigenvalue weighted by molar-refractivity contribution is 0.103. The maximum Gasteiger partial charge on any atom is 0.266 e. The normalized spacial score (nSPS) is 12.2. The van der Waals surface area contributed by atoms with Gasteiger partial charge < -0.3 is 0 Å². The molecule has 0 fully saturated rings. The van der Waals surface area contributed by atoms with Gasteiger partial charge in [0.1, 0.15) is 5.69 Å². The van der Waals surface area contributed by atoms with E-state index in [1.807, 2.05) is 61.7 Å². The van der Waals surface area contributed by atoms with Crippen molar-refractivity contribution < 1.29 is 4.79 Å². The number of hydrogen-bond acceptors (Lipinski definition) is 5. The third-order valence-electron chi connectivity index (χ3n) is 5.73. The summed E-state index contributed by atoms with van der Waals surface area (Å²) in [6, 6.07) is 20.8. The van der Waals surface area contributed by atoms with Crippen LogP contribution in [0.4, 0.5) is 0 Å². The lowest BCUT2D eigenvalue weighted by atomic mass is 10.1. The van der Waals surface area contributed by atoms with Crippen molar-refractivity contribution in [2.24, 2.45) is 0 Å². The number of carbonyl (C=O) groups is 1. The number of fused-ring (bicyclic) bond motifs is 4. The summed E-state index contributed by atoms with van der Waals surface area (Å²) in [7, 11) is 0. The highest BCUT2D eigenvalue weighted by molar-refractivity contribution is 6.13. The molecule has 0 amide bonds. The summed E-state index contributed by atoms with van der Waals surface area (Å²) in [6.07, 6.45) is 1.88. The quantitative estimate of drug-likeness (QED) is 0.438. The molecule has 3 heterocycles. The van der Waals surface area contributed by atoms with Crippen LogP contribution in [0.1, 0.15) is 27.3 Å². The number of ketones is 1. The van der Waals surface area contributed by atoms with Crippen LogP contribution in [0.25, 0.3) is 27.8 Å². The Labute approximate surface area is 182 Å². The number of carbonyl (C=O) groups excluding carboxylic acids is 1. The first-order valence-corrected chi connectivity index (χ1v) is 10.3. The predicted octanol–water partition coefficient (Wildman–Crippen LogP) is 3.55. The Bertz CT molecular complexity index is 1600. The Morgan fingerprint density at radius 2 is 1.78 bits per heavy atom. The van der Waals surface area contributed by atoms with Crippen LogP contribution in [0.5, 0.6) is 0 Å². The number of benzene rings is 3. The maximum absolute atomic E-state index is 13.3. The van der Waals surface area contributed by atoms with Gasteiger partial charge in [-0.05, 0) is 36.8 Å². The summed E-state index contributed by atoms with van der Waals surface area (Å²) >= 11 is 0. The molecule has 7 heteroatoms. The van der Waals surface area contributed by atoms with Gasteiger partial charge in [0.05, 0.1) is 34.9 Å². The zero-order valence-corrected chi connectivity index (χ0v) is 17.2. The minimum Gasteiger partial charge on any atom is -0.285 e. The lowest BCUT2D eigenvalue weighted by Crippen LogP contribution is -2.21. The van der Waals surface area contributed by atoms with Crippen LogP contribution >= 0.6 is 0 Å². The topological polar surface area (TPSA) is 82.7 Å². The fraction of sp³-hybridized carbons (Fsp3) is 0.0800. The molecule has 0 radical (unpaired) electrons. The van der Waals surface area contributed by atoms with Crippen molar-refractivity contribution in [2.75, 3.05) is 0 Å². The van der Waals surface area contributed by atoms with Gasteiger partial charge in [0.15, 0.2) is 5.82 Å². The summed E-state index contributed by atoms with van der Waals surface area (Å²) in [6.45, 7) is 2.38. The average molecular weight is 419 g/mol. The molecule has 6 rings (SSSR count). The number of aryl methyl sites for hydroxylation is 1. The van der Waals surface area contributed by atoms with Crippen molar-refractivity contribution in [1.29, 1.82) is 0 Å². The van der Waals surface area contributed by atoms with E-state index >= 15 is 0 Å². The molecule has 32 heavy (non-hydrogen) atoms. The summed E-state index contributed by atoms with van der Waals surface area (Å²) in [5.41, 5.74) is 5.01. The number of rotatable bonds is 3. The molecule has 0 saturated carbocycles. The zero-order valence-electron chi connectivity index (χ0n) is 17.2. The van der Waals surface area contributed by atoms with Gasteiger partial charge in [0.2, 0.25) is 5.78 Å². The van der Waals surface area contributed by atoms with E-state index < -0.39 is 0 Å². The van der Waals surface area contributed by atoms with Crippen molar-refractivity contribution in [3.05, 3.63) is 106 Å². The fourth-order valence-corrected chi connectivity index (χ4v) is 4.16. The summed E-state index contributed by atoms with van der Waals surface area (Å²) < 4.78 is 3.16. The second kappa shape index (κ2) is 6.81.